The molecule has 0 rings (SSSR count). The van der Waals surface area contributed by atoms with E-state index in [0.717, 1.165) is 6.61 Å². The molecule has 2 nitrogen and oxygen atoms in total. The highest BCUT2D eigenvalue weighted by Crippen LogP contribution is 2.10. The van der Waals surface area contributed by atoms with Crippen LogP contribution in [0.15, 0.2) is 0 Å². The fourth-order valence-electron chi connectivity index (χ4n) is 0.949. The van der Waals surface area contributed by atoms with Crippen molar-refractivity contribution in [1.82, 2.24) is 5.32 Å². The SMILES string of the molecule is CNC(COC(C)(C)C)C(C)C. The Morgan fingerprint density at radius 3 is 2.00 bits per heavy atom. The highest BCUT2D eigenvalue weighted by atomic mass is 16.5. The Morgan fingerprint density at radius 2 is 1.75 bits per heavy atom. The topological polar surface area (TPSA) is 21.3 Å². The maximum Gasteiger partial charge on any atom is 0.0629 e. The molecule has 0 heterocycles. The number of likely N-dealkylation sites (N-methyl/N-ethyl adjacent to an activating group) is 1. The first-order chi connectivity index (χ1) is 5.37. The predicted octanol–water partition coefficient (Wildman–Crippen LogP) is 2.05. The van der Waals surface area contributed by atoms with Crippen LogP contribution in [0.4, 0.5) is 0 Å². The maximum atomic E-state index is 5.68. The molecule has 74 valence electrons. The lowest BCUT2D eigenvalue weighted by Gasteiger charge is -2.26. The zero-order valence-electron chi connectivity index (χ0n) is 9.27. The monoisotopic (exact) mass is 173 g/mol. The van der Waals surface area contributed by atoms with Crippen molar-refractivity contribution in [3.05, 3.63) is 0 Å². The third-order valence-electron chi connectivity index (χ3n) is 1.87. The molecule has 0 aliphatic carbocycles. The summed E-state index contributed by atoms with van der Waals surface area (Å²) in [7, 11) is 1.98. The average molecular weight is 173 g/mol. The van der Waals surface area contributed by atoms with Gasteiger partial charge in [0.15, 0.2) is 0 Å². The molecule has 0 saturated carbocycles. The first-order valence-corrected chi connectivity index (χ1v) is 4.68. The molecule has 0 amide bonds. The van der Waals surface area contributed by atoms with Gasteiger partial charge in [0, 0.05) is 6.04 Å². The van der Waals surface area contributed by atoms with E-state index in [1.165, 1.54) is 0 Å². The van der Waals surface area contributed by atoms with E-state index in [2.05, 4.69) is 39.9 Å². The second kappa shape index (κ2) is 4.83. The van der Waals surface area contributed by atoms with Crippen LogP contribution in [0.2, 0.25) is 0 Å². The molecule has 0 saturated heterocycles. The summed E-state index contributed by atoms with van der Waals surface area (Å²) >= 11 is 0. The molecular weight excluding hydrogens is 150 g/mol. The van der Waals surface area contributed by atoms with Crippen molar-refractivity contribution in [2.45, 2.75) is 46.3 Å². The number of hydrogen-bond donors (Lipinski definition) is 1. The zero-order valence-corrected chi connectivity index (χ0v) is 9.27. The van der Waals surface area contributed by atoms with Crippen molar-refractivity contribution in [3.63, 3.8) is 0 Å². The quantitative estimate of drug-likeness (QED) is 0.702. The van der Waals surface area contributed by atoms with Crippen LogP contribution in [0.5, 0.6) is 0 Å². The van der Waals surface area contributed by atoms with Crippen molar-refractivity contribution < 1.29 is 4.74 Å². The summed E-state index contributed by atoms with van der Waals surface area (Å²) in [5.41, 5.74) is -0.0238. The number of hydrogen-bond acceptors (Lipinski definition) is 2. The minimum absolute atomic E-state index is 0.0238. The van der Waals surface area contributed by atoms with E-state index in [-0.39, 0.29) is 5.60 Å². The molecule has 0 spiro atoms. The number of ether oxygens (including phenoxy) is 1. The van der Waals surface area contributed by atoms with Crippen LogP contribution in [0.3, 0.4) is 0 Å². The van der Waals surface area contributed by atoms with Gasteiger partial charge in [-0.1, -0.05) is 13.8 Å². The molecule has 0 aliphatic heterocycles. The van der Waals surface area contributed by atoms with Crippen LogP contribution in [0.1, 0.15) is 34.6 Å². The molecule has 1 atom stereocenters. The van der Waals surface area contributed by atoms with Crippen molar-refractivity contribution in [3.8, 4) is 0 Å². The Hall–Kier alpha value is -0.0800. The lowest BCUT2D eigenvalue weighted by molar-refractivity contribution is -0.0191. The fourth-order valence-corrected chi connectivity index (χ4v) is 0.949. The van der Waals surface area contributed by atoms with Gasteiger partial charge >= 0.3 is 0 Å². The average Bonchev–Trinajstić information content (AvgIpc) is 1.85. The van der Waals surface area contributed by atoms with Gasteiger partial charge in [0.05, 0.1) is 12.2 Å². The van der Waals surface area contributed by atoms with Crippen molar-refractivity contribution in [1.29, 1.82) is 0 Å². The van der Waals surface area contributed by atoms with Gasteiger partial charge in [-0.25, -0.2) is 0 Å². The molecule has 1 N–H and O–H groups in total. The normalized spacial score (nSPS) is 15.2. The van der Waals surface area contributed by atoms with E-state index in [1.807, 2.05) is 7.05 Å². The lowest BCUT2D eigenvalue weighted by Crippen LogP contribution is -2.38. The molecule has 0 radical (unpaired) electrons. The molecule has 1 unspecified atom stereocenters. The molecule has 0 aromatic carbocycles. The van der Waals surface area contributed by atoms with Crippen LogP contribution in [0.25, 0.3) is 0 Å². The largest absolute Gasteiger partial charge is 0.374 e. The summed E-state index contributed by atoms with van der Waals surface area (Å²) in [6.07, 6.45) is 0. The summed E-state index contributed by atoms with van der Waals surface area (Å²) < 4.78 is 5.68. The lowest BCUT2D eigenvalue weighted by atomic mass is 10.1. The third-order valence-corrected chi connectivity index (χ3v) is 1.87. The zero-order chi connectivity index (χ0) is 9.78. The van der Waals surface area contributed by atoms with Crippen molar-refractivity contribution in [2.24, 2.45) is 5.92 Å². The minimum Gasteiger partial charge on any atom is -0.374 e. The molecule has 0 fully saturated rings. The first kappa shape index (κ1) is 11.9. The van der Waals surface area contributed by atoms with Gasteiger partial charge in [-0.3, -0.25) is 0 Å². The van der Waals surface area contributed by atoms with Crippen molar-refractivity contribution >= 4 is 0 Å². The smallest absolute Gasteiger partial charge is 0.0629 e. The van der Waals surface area contributed by atoms with E-state index in [0.29, 0.717) is 12.0 Å². The maximum absolute atomic E-state index is 5.68. The molecule has 0 aliphatic rings. The van der Waals surface area contributed by atoms with Gasteiger partial charge in [-0.2, -0.15) is 0 Å². The Bertz CT molecular complexity index is 115. The van der Waals surface area contributed by atoms with E-state index in [4.69, 9.17) is 4.74 Å². The van der Waals surface area contributed by atoms with Gasteiger partial charge < -0.3 is 10.1 Å². The Morgan fingerprint density at radius 1 is 1.25 bits per heavy atom. The summed E-state index contributed by atoms with van der Waals surface area (Å²) in [6.45, 7) is 11.4. The summed E-state index contributed by atoms with van der Waals surface area (Å²) in [6, 6.07) is 0.462. The van der Waals surface area contributed by atoms with Gasteiger partial charge in [-0.05, 0) is 33.7 Å². The van der Waals surface area contributed by atoms with E-state index in [9.17, 15) is 0 Å². The van der Waals surface area contributed by atoms with Crippen LogP contribution in [0, 0.1) is 5.92 Å². The van der Waals surface area contributed by atoms with Gasteiger partial charge in [-0.15, -0.1) is 0 Å². The molecule has 12 heavy (non-hydrogen) atoms. The third kappa shape index (κ3) is 5.56. The Kier molecular flexibility index (Phi) is 4.80. The van der Waals surface area contributed by atoms with Crippen molar-refractivity contribution in [2.75, 3.05) is 13.7 Å². The molecular formula is C10H23NO. The number of nitrogens with one attached hydrogen (secondary N) is 1. The van der Waals surface area contributed by atoms with Gasteiger partial charge in [0.1, 0.15) is 0 Å². The second-order valence-electron chi connectivity index (χ2n) is 4.56. The molecule has 0 bridgehead atoms. The van der Waals surface area contributed by atoms with E-state index >= 15 is 0 Å². The highest BCUT2D eigenvalue weighted by Gasteiger charge is 2.16. The predicted molar refractivity (Wildman–Crippen MR) is 53.4 cm³/mol. The van der Waals surface area contributed by atoms with E-state index in [1.54, 1.807) is 0 Å². The molecule has 2 heteroatoms. The summed E-state index contributed by atoms with van der Waals surface area (Å²) in [4.78, 5) is 0. The van der Waals surface area contributed by atoms with E-state index < -0.39 is 0 Å². The second-order valence-corrected chi connectivity index (χ2v) is 4.56. The summed E-state index contributed by atoms with van der Waals surface area (Å²) in [5.74, 6) is 0.623. The number of rotatable bonds is 4. The van der Waals surface area contributed by atoms with Gasteiger partial charge in [0.25, 0.3) is 0 Å². The van der Waals surface area contributed by atoms with Crippen LogP contribution in [-0.2, 0) is 4.74 Å². The molecule has 0 aromatic rings. The highest BCUT2D eigenvalue weighted by molar-refractivity contribution is 4.70. The Balaban J connectivity index is 3.73. The van der Waals surface area contributed by atoms with Crippen LogP contribution >= 0.6 is 0 Å². The first-order valence-electron chi connectivity index (χ1n) is 4.68. The van der Waals surface area contributed by atoms with Crippen LogP contribution in [-0.4, -0.2) is 25.3 Å². The molecule has 0 aromatic heterocycles. The van der Waals surface area contributed by atoms with Gasteiger partial charge in [0.2, 0.25) is 0 Å². The standard InChI is InChI=1S/C10H23NO/c1-8(2)9(11-6)7-12-10(3,4)5/h8-9,11H,7H2,1-6H3. The Labute approximate surface area is 76.7 Å². The summed E-state index contributed by atoms with van der Waals surface area (Å²) in [5, 5.41) is 3.25. The minimum atomic E-state index is -0.0238. The fraction of sp³-hybridized carbons (Fsp3) is 1.00. The van der Waals surface area contributed by atoms with Crippen LogP contribution < -0.4 is 5.32 Å².